The summed E-state index contributed by atoms with van der Waals surface area (Å²) in [5.41, 5.74) is 1.06. The number of rotatable bonds is 3. The molecule has 3 nitrogen and oxygen atoms in total. The second-order valence-electron chi connectivity index (χ2n) is 9.90. The van der Waals surface area contributed by atoms with Crippen molar-refractivity contribution >= 4 is 0 Å². The first-order chi connectivity index (χ1) is 10.8. The molecule has 0 aromatic rings. The van der Waals surface area contributed by atoms with Crippen molar-refractivity contribution in [3.63, 3.8) is 0 Å². The first kappa shape index (κ1) is 17.7. The molecule has 0 bridgehead atoms. The number of hydrogen-bond acceptors (Lipinski definition) is 3. The summed E-state index contributed by atoms with van der Waals surface area (Å²) in [6.07, 6.45) is 5.93. The summed E-state index contributed by atoms with van der Waals surface area (Å²) < 4.78 is 0. The minimum absolute atomic E-state index is 0.343. The summed E-state index contributed by atoms with van der Waals surface area (Å²) in [4.78, 5) is 8.05. The molecule has 134 valence electrons. The van der Waals surface area contributed by atoms with Gasteiger partial charge in [0.05, 0.1) is 0 Å². The van der Waals surface area contributed by atoms with Crippen molar-refractivity contribution in [3.8, 4) is 0 Å². The van der Waals surface area contributed by atoms with Crippen molar-refractivity contribution in [1.82, 2.24) is 14.7 Å². The SMILES string of the molecule is CC(C)N1CC2(CCC(CN3CCN(C(C)(C)C)CC3)CC2)C1. The summed E-state index contributed by atoms with van der Waals surface area (Å²) in [5.74, 6) is 0.968. The van der Waals surface area contributed by atoms with Crippen LogP contribution in [0.15, 0.2) is 0 Å². The Morgan fingerprint density at radius 1 is 0.957 bits per heavy atom. The van der Waals surface area contributed by atoms with E-state index in [4.69, 9.17) is 0 Å². The van der Waals surface area contributed by atoms with Gasteiger partial charge < -0.3 is 4.90 Å². The molecule has 1 aliphatic carbocycles. The van der Waals surface area contributed by atoms with Crippen LogP contribution in [0.4, 0.5) is 0 Å². The normalized spacial score (nSPS) is 28.4. The van der Waals surface area contributed by atoms with E-state index in [1.54, 1.807) is 0 Å². The smallest absolute Gasteiger partial charge is 0.0126 e. The molecule has 2 aliphatic heterocycles. The highest BCUT2D eigenvalue weighted by Gasteiger charge is 2.45. The number of piperazine rings is 1. The van der Waals surface area contributed by atoms with Gasteiger partial charge in [0, 0.05) is 57.4 Å². The lowest BCUT2D eigenvalue weighted by molar-refractivity contribution is -0.0587. The molecule has 1 saturated carbocycles. The topological polar surface area (TPSA) is 9.72 Å². The Kier molecular flexibility index (Phi) is 5.11. The van der Waals surface area contributed by atoms with Crippen LogP contribution >= 0.6 is 0 Å². The Morgan fingerprint density at radius 2 is 1.52 bits per heavy atom. The Bertz CT molecular complexity index is 374. The molecule has 0 atom stereocenters. The van der Waals surface area contributed by atoms with E-state index in [0.29, 0.717) is 11.0 Å². The second-order valence-corrected chi connectivity index (χ2v) is 9.90. The molecule has 3 heteroatoms. The molecule has 1 spiro atoms. The lowest BCUT2D eigenvalue weighted by Crippen LogP contribution is -2.60. The van der Waals surface area contributed by atoms with Crippen LogP contribution in [-0.2, 0) is 0 Å². The van der Waals surface area contributed by atoms with Crippen LogP contribution in [-0.4, -0.2) is 72.1 Å². The van der Waals surface area contributed by atoms with Gasteiger partial charge in [-0.25, -0.2) is 0 Å². The summed E-state index contributed by atoms with van der Waals surface area (Å²) >= 11 is 0. The van der Waals surface area contributed by atoms with Gasteiger partial charge in [-0.2, -0.15) is 0 Å². The van der Waals surface area contributed by atoms with E-state index in [1.165, 1.54) is 71.5 Å². The van der Waals surface area contributed by atoms with Crippen LogP contribution in [0, 0.1) is 11.3 Å². The highest BCUT2D eigenvalue weighted by molar-refractivity contribution is 4.99. The van der Waals surface area contributed by atoms with Crippen molar-refractivity contribution in [3.05, 3.63) is 0 Å². The van der Waals surface area contributed by atoms with Gasteiger partial charge in [0.25, 0.3) is 0 Å². The van der Waals surface area contributed by atoms with Crippen LogP contribution in [0.5, 0.6) is 0 Å². The highest BCUT2D eigenvalue weighted by atomic mass is 15.3. The maximum Gasteiger partial charge on any atom is 0.0126 e. The zero-order valence-electron chi connectivity index (χ0n) is 16.3. The van der Waals surface area contributed by atoms with Crippen LogP contribution in [0.1, 0.15) is 60.3 Å². The maximum absolute atomic E-state index is 2.74. The average molecular weight is 322 g/mol. The monoisotopic (exact) mass is 321 g/mol. The van der Waals surface area contributed by atoms with Gasteiger partial charge in [-0.3, -0.25) is 9.80 Å². The van der Waals surface area contributed by atoms with Crippen LogP contribution in [0.2, 0.25) is 0 Å². The highest BCUT2D eigenvalue weighted by Crippen LogP contribution is 2.46. The molecule has 3 aliphatic rings. The minimum atomic E-state index is 0.343. The van der Waals surface area contributed by atoms with Crippen LogP contribution in [0.3, 0.4) is 0 Å². The fourth-order valence-corrected chi connectivity index (χ4v) is 4.94. The Hall–Kier alpha value is -0.120. The first-order valence-electron chi connectivity index (χ1n) is 9.99. The van der Waals surface area contributed by atoms with E-state index in [0.717, 1.165) is 12.0 Å². The Balaban J connectivity index is 1.37. The van der Waals surface area contributed by atoms with Gasteiger partial charge in [-0.05, 0) is 71.6 Å². The van der Waals surface area contributed by atoms with E-state index in [2.05, 4.69) is 49.3 Å². The summed E-state index contributed by atoms with van der Waals surface area (Å²) in [7, 11) is 0. The molecule has 0 radical (unpaired) electrons. The average Bonchev–Trinajstić information content (AvgIpc) is 2.45. The number of nitrogens with zero attached hydrogens (tertiary/aromatic N) is 3. The molecular weight excluding hydrogens is 282 g/mol. The standard InChI is InChI=1S/C20H39N3/c1-17(2)22-15-20(16-22)8-6-18(7-9-20)14-21-10-12-23(13-11-21)19(3,4)5/h17-18H,6-16H2,1-5H3. The van der Waals surface area contributed by atoms with Crippen LogP contribution < -0.4 is 0 Å². The minimum Gasteiger partial charge on any atom is -0.301 e. The molecule has 0 amide bonds. The lowest BCUT2D eigenvalue weighted by Gasteiger charge is -2.55. The first-order valence-corrected chi connectivity index (χ1v) is 9.99. The van der Waals surface area contributed by atoms with E-state index in [1.807, 2.05) is 0 Å². The third-order valence-electron chi connectivity index (χ3n) is 6.81. The van der Waals surface area contributed by atoms with E-state index in [-0.39, 0.29) is 0 Å². The number of likely N-dealkylation sites (tertiary alicyclic amines) is 1. The van der Waals surface area contributed by atoms with Gasteiger partial charge in [-0.15, -0.1) is 0 Å². The molecule has 2 heterocycles. The summed E-state index contributed by atoms with van der Waals surface area (Å²) in [6.45, 7) is 20.9. The van der Waals surface area contributed by atoms with Gasteiger partial charge in [-0.1, -0.05) is 0 Å². The number of hydrogen-bond donors (Lipinski definition) is 0. The van der Waals surface area contributed by atoms with Crippen molar-refractivity contribution in [2.24, 2.45) is 11.3 Å². The van der Waals surface area contributed by atoms with Gasteiger partial charge in [0.1, 0.15) is 0 Å². The maximum atomic E-state index is 2.74. The van der Waals surface area contributed by atoms with E-state index < -0.39 is 0 Å². The summed E-state index contributed by atoms with van der Waals surface area (Å²) in [6, 6.07) is 0.748. The summed E-state index contributed by atoms with van der Waals surface area (Å²) in [5, 5.41) is 0. The molecule has 23 heavy (non-hydrogen) atoms. The molecule has 2 saturated heterocycles. The quantitative estimate of drug-likeness (QED) is 0.790. The van der Waals surface area contributed by atoms with Crippen molar-refractivity contribution in [2.75, 3.05) is 45.8 Å². The Morgan fingerprint density at radius 3 is 2.00 bits per heavy atom. The van der Waals surface area contributed by atoms with Crippen molar-refractivity contribution in [2.45, 2.75) is 71.9 Å². The molecular formula is C20H39N3. The van der Waals surface area contributed by atoms with Gasteiger partial charge >= 0.3 is 0 Å². The fraction of sp³-hybridized carbons (Fsp3) is 1.00. The Labute approximate surface area is 144 Å². The third-order valence-corrected chi connectivity index (χ3v) is 6.81. The molecule has 0 unspecified atom stereocenters. The largest absolute Gasteiger partial charge is 0.301 e. The molecule has 0 aromatic heterocycles. The predicted octanol–water partition coefficient (Wildman–Crippen LogP) is 3.30. The third kappa shape index (κ3) is 4.11. The molecule has 0 N–H and O–H groups in total. The lowest BCUT2D eigenvalue weighted by atomic mass is 9.65. The van der Waals surface area contributed by atoms with Crippen molar-refractivity contribution < 1.29 is 0 Å². The fourth-order valence-electron chi connectivity index (χ4n) is 4.94. The van der Waals surface area contributed by atoms with Gasteiger partial charge in [0.15, 0.2) is 0 Å². The zero-order valence-corrected chi connectivity index (χ0v) is 16.3. The van der Waals surface area contributed by atoms with Gasteiger partial charge in [0.2, 0.25) is 0 Å². The van der Waals surface area contributed by atoms with E-state index >= 15 is 0 Å². The van der Waals surface area contributed by atoms with Crippen molar-refractivity contribution in [1.29, 1.82) is 0 Å². The second kappa shape index (κ2) is 6.65. The van der Waals surface area contributed by atoms with Crippen LogP contribution in [0.25, 0.3) is 0 Å². The predicted molar refractivity (Wildman–Crippen MR) is 98.9 cm³/mol. The molecule has 0 aromatic carbocycles. The zero-order chi connectivity index (χ0) is 16.7. The van der Waals surface area contributed by atoms with E-state index in [9.17, 15) is 0 Å². The molecule has 3 fully saturated rings. The molecule has 3 rings (SSSR count).